The van der Waals surface area contributed by atoms with Crippen LogP contribution in [0.25, 0.3) is 0 Å². The van der Waals surface area contributed by atoms with Crippen LogP contribution in [0.4, 0.5) is 0 Å². The zero-order valence-electron chi connectivity index (χ0n) is 11.9. The van der Waals surface area contributed by atoms with Crippen molar-refractivity contribution in [3.05, 3.63) is 40.2 Å². The summed E-state index contributed by atoms with van der Waals surface area (Å²) in [6.45, 7) is 6.94. The van der Waals surface area contributed by atoms with E-state index in [-0.39, 0.29) is 5.91 Å². The van der Waals surface area contributed by atoms with Gasteiger partial charge in [-0.15, -0.1) is 0 Å². The number of fused-ring (bicyclic) bond motifs is 1. The second kappa shape index (κ2) is 4.70. The molecule has 0 fully saturated rings. The van der Waals surface area contributed by atoms with Crippen molar-refractivity contribution < 1.29 is 4.79 Å². The number of aromatic amines is 1. The minimum atomic E-state index is -0.0372. The predicted molar refractivity (Wildman–Crippen MR) is 73.3 cm³/mol. The number of H-pyrrole nitrogens is 1. The van der Waals surface area contributed by atoms with Gasteiger partial charge in [-0.3, -0.25) is 9.89 Å². The van der Waals surface area contributed by atoms with Crippen molar-refractivity contribution in [2.75, 3.05) is 6.54 Å². The zero-order chi connectivity index (χ0) is 14.3. The summed E-state index contributed by atoms with van der Waals surface area (Å²) < 4.78 is 0. The number of aromatic nitrogens is 4. The molecule has 0 atom stereocenters. The summed E-state index contributed by atoms with van der Waals surface area (Å²) in [6, 6.07) is 1.74. The molecule has 3 heterocycles. The first-order valence-corrected chi connectivity index (χ1v) is 6.69. The van der Waals surface area contributed by atoms with Gasteiger partial charge in [0.05, 0.1) is 5.69 Å². The summed E-state index contributed by atoms with van der Waals surface area (Å²) in [4.78, 5) is 22.8. The number of nitrogens with zero attached hydrogens (tertiary/aromatic N) is 4. The third-order valence-corrected chi connectivity index (χ3v) is 3.60. The first kappa shape index (κ1) is 12.8. The molecule has 3 rings (SSSR count). The molecule has 1 amide bonds. The first-order valence-electron chi connectivity index (χ1n) is 6.69. The molecule has 0 saturated heterocycles. The minimum Gasteiger partial charge on any atom is -0.332 e. The van der Waals surface area contributed by atoms with Gasteiger partial charge in [-0.25, -0.2) is 9.97 Å². The lowest BCUT2D eigenvalue weighted by atomic mass is 10.1. The fraction of sp³-hybridized carbons (Fsp3) is 0.429. The van der Waals surface area contributed by atoms with Gasteiger partial charge in [0.25, 0.3) is 5.91 Å². The van der Waals surface area contributed by atoms with Gasteiger partial charge in [0.2, 0.25) is 0 Å². The van der Waals surface area contributed by atoms with E-state index < -0.39 is 0 Å². The predicted octanol–water partition coefficient (Wildman–Crippen LogP) is 1.32. The highest BCUT2D eigenvalue weighted by Crippen LogP contribution is 2.21. The van der Waals surface area contributed by atoms with Crippen LogP contribution >= 0.6 is 0 Å². The normalized spacial score (nSPS) is 14.2. The van der Waals surface area contributed by atoms with Crippen LogP contribution in [0, 0.1) is 20.8 Å². The van der Waals surface area contributed by atoms with Gasteiger partial charge in [0.1, 0.15) is 11.5 Å². The van der Waals surface area contributed by atoms with Crippen molar-refractivity contribution in [1.82, 2.24) is 25.1 Å². The monoisotopic (exact) mass is 271 g/mol. The molecule has 2 aromatic heterocycles. The largest absolute Gasteiger partial charge is 0.332 e. The van der Waals surface area contributed by atoms with E-state index >= 15 is 0 Å². The molecule has 1 N–H and O–H groups in total. The van der Waals surface area contributed by atoms with E-state index in [2.05, 4.69) is 20.2 Å². The Labute approximate surface area is 117 Å². The Bertz CT molecular complexity index is 656. The summed E-state index contributed by atoms with van der Waals surface area (Å²) >= 11 is 0. The maximum Gasteiger partial charge on any atom is 0.272 e. The van der Waals surface area contributed by atoms with E-state index in [4.69, 9.17) is 0 Å². The number of amides is 1. The molecule has 0 aromatic carbocycles. The number of rotatable bonds is 1. The van der Waals surface area contributed by atoms with E-state index in [1.54, 1.807) is 13.0 Å². The molecule has 1 aliphatic heterocycles. The van der Waals surface area contributed by atoms with Gasteiger partial charge in [-0.2, -0.15) is 5.10 Å². The van der Waals surface area contributed by atoms with Gasteiger partial charge in [-0.05, 0) is 26.8 Å². The van der Waals surface area contributed by atoms with E-state index in [1.165, 1.54) is 0 Å². The average Bonchev–Trinajstić information content (AvgIpc) is 2.78. The summed E-state index contributed by atoms with van der Waals surface area (Å²) in [6.07, 6.45) is 0.786. The Hall–Kier alpha value is -2.24. The average molecular weight is 271 g/mol. The zero-order valence-corrected chi connectivity index (χ0v) is 11.9. The molecular formula is C14H17N5O. The van der Waals surface area contributed by atoms with Gasteiger partial charge in [0.15, 0.2) is 0 Å². The number of hydrogen-bond acceptors (Lipinski definition) is 4. The number of nitrogens with one attached hydrogen (secondary N) is 1. The maximum atomic E-state index is 12.6. The quantitative estimate of drug-likeness (QED) is 0.849. The molecule has 2 aromatic rings. The van der Waals surface area contributed by atoms with Crippen molar-refractivity contribution >= 4 is 5.91 Å². The Kier molecular flexibility index (Phi) is 3.00. The molecule has 20 heavy (non-hydrogen) atoms. The van der Waals surface area contributed by atoms with Crippen LogP contribution in [0.1, 0.15) is 39.0 Å². The highest BCUT2D eigenvalue weighted by atomic mass is 16.2. The summed E-state index contributed by atoms with van der Waals surface area (Å²) in [5.41, 5.74) is 4.53. The lowest BCUT2D eigenvalue weighted by Crippen LogP contribution is -2.36. The summed E-state index contributed by atoms with van der Waals surface area (Å²) in [5.74, 6) is 0.593. The summed E-state index contributed by atoms with van der Waals surface area (Å²) in [5, 5.41) is 7.25. The van der Waals surface area contributed by atoms with Crippen molar-refractivity contribution in [2.24, 2.45) is 0 Å². The molecular weight excluding hydrogens is 254 g/mol. The molecule has 6 nitrogen and oxygen atoms in total. The van der Waals surface area contributed by atoms with Gasteiger partial charge in [-0.1, -0.05) is 0 Å². The number of carbonyl (C=O) groups is 1. The van der Waals surface area contributed by atoms with Crippen molar-refractivity contribution in [3.63, 3.8) is 0 Å². The highest BCUT2D eigenvalue weighted by Gasteiger charge is 2.25. The Morgan fingerprint density at radius 2 is 2.10 bits per heavy atom. The van der Waals surface area contributed by atoms with Crippen molar-refractivity contribution in [3.8, 4) is 0 Å². The van der Waals surface area contributed by atoms with Crippen LogP contribution in [-0.4, -0.2) is 37.5 Å². The molecule has 0 spiro atoms. The van der Waals surface area contributed by atoms with Crippen LogP contribution < -0.4 is 0 Å². The van der Waals surface area contributed by atoms with E-state index in [1.807, 2.05) is 18.7 Å². The molecule has 1 aliphatic rings. The smallest absolute Gasteiger partial charge is 0.272 e. The van der Waals surface area contributed by atoms with Crippen LogP contribution in [0.5, 0.6) is 0 Å². The molecule has 0 bridgehead atoms. The molecule has 0 aliphatic carbocycles. The van der Waals surface area contributed by atoms with Gasteiger partial charge >= 0.3 is 0 Å². The van der Waals surface area contributed by atoms with Crippen LogP contribution in [0.3, 0.4) is 0 Å². The van der Waals surface area contributed by atoms with Gasteiger partial charge < -0.3 is 4.90 Å². The van der Waals surface area contributed by atoms with E-state index in [0.29, 0.717) is 24.6 Å². The highest BCUT2D eigenvalue weighted by molar-refractivity contribution is 5.92. The van der Waals surface area contributed by atoms with Crippen LogP contribution in [0.2, 0.25) is 0 Å². The Morgan fingerprint density at radius 3 is 2.85 bits per heavy atom. The summed E-state index contributed by atoms with van der Waals surface area (Å²) in [7, 11) is 0. The van der Waals surface area contributed by atoms with Gasteiger partial charge in [0, 0.05) is 36.5 Å². The third kappa shape index (κ3) is 2.17. The molecule has 0 unspecified atom stereocenters. The van der Waals surface area contributed by atoms with Crippen molar-refractivity contribution in [1.29, 1.82) is 0 Å². The lowest BCUT2D eigenvalue weighted by molar-refractivity contribution is 0.0727. The topological polar surface area (TPSA) is 74.8 Å². The molecule has 104 valence electrons. The molecule has 0 saturated carbocycles. The lowest BCUT2D eigenvalue weighted by Gasteiger charge is -2.26. The van der Waals surface area contributed by atoms with Crippen LogP contribution in [-0.2, 0) is 13.0 Å². The number of aryl methyl sites for hydroxylation is 3. The fourth-order valence-electron chi connectivity index (χ4n) is 2.59. The second-order valence-corrected chi connectivity index (χ2v) is 5.19. The Balaban J connectivity index is 1.87. The van der Waals surface area contributed by atoms with Crippen LogP contribution in [0.15, 0.2) is 6.07 Å². The van der Waals surface area contributed by atoms with E-state index in [0.717, 1.165) is 29.1 Å². The SMILES string of the molecule is Cc1cc(C(=O)N2CCc3n[nH]c(C)c3C2)nc(C)n1. The fourth-order valence-corrected chi connectivity index (χ4v) is 2.59. The Morgan fingerprint density at radius 1 is 1.30 bits per heavy atom. The molecule has 6 heteroatoms. The standard InChI is InChI=1S/C14H17N5O/c1-8-6-13(16-10(3)15-8)14(20)19-5-4-12-11(7-19)9(2)17-18-12/h6H,4-5,7H2,1-3H3,(H,17,18). The molecule has 0 radical (unpaired) electrons. The third-order valence-electron chi connectivity index (χ3n) is 3.60. The second-order valence-electron chi connectivity index (χ2n) is 5.19. The number of hydrogen-bond donors (Lipinski definition) is 1. The number of carbonyl (C=O) groups excluding carboxylic acids is 1. The van der Waals surface area contributed by atoms with Crippen molar-refractivity contribution in [2.45, 2.75) is 33.7 Å². The van der Waals surface area contributed by atoms with E-state index in [9.17, 15) is 4.79 Å². The maximum absolute atomic E-state index is 12.6. The first-order chi connectivity index (χ1) is 9.54. The minimum absolute atomic E-state index is 0.0372.